The van der Waals surface area contributed by atoms with Gasteiger partial charge >= 0.3 is 0 Å². The fourth-order valence-corrected chi connectivity index (χ4v) is 5.26. The van der Waals surface area contributed by atoms with E-state index in [2.05, 4.69) is 4.72 Å². The van der Waals surface area contributed by atoms with Crippen LogP contribution in [0.1, 0.15) is 43.2 Å². The highest BCUT2D eigenvalue weighted by Gasteiger charge is 2.33. The van der Waals surface area contributed by atoms with Gasteiger partial charge in [0.15, 0.2) is 4.90 Å². The van der Waals surface area contributed by atoms with Crippen LogP contribution in [0.15, 0.2) is 17.0 Å². The Bertz CT molecular complexity index is 712. The average molecular weight is 355 g/mol. The van der Waals surface area contributed by atoms with Crippen molar-refractivity contribution in [2.45, 2.75) is 56.9 Å². The lowest BCUT2D eigenvalue weighted by molar-refractivity contribution is -0.388. The van der Waals surface area contributed by atoms with Crippen molar-refractivity contribution in [1.29, 1.82) is 0 Å². The van der Waals surface area contributed by atoms with Crippen LogP contribution in [0.2, 0.25) is 0 Å². The first-order valence-corrected chi connectivity index (χ1v) is 9.73. The monoisotopic (exact) mass is 355 g/mol. The van der Waals surface area contributed by atoms with Crippen molar-refractivity contribution in [3.05, 3.63) is 33.4 Å². The van der Waals surface area contributed by atoms with Gasteiger partial charge in [-0.3, -0.25) is 10.1 Å². The Kier molecular flexibility index (Phi) is 5.95. The Hall–Kier alpha value is -1.51. The van der Waals surface area contributed by atoms with E-state index in [1.165, 1.54) is 6.92 Å². The highest BCUT2D eigenvalue weighted by atomic mass is 32.2. The second-order valence-corrected chi connectivity index (χ2v) is 8.15. The summed E-state index contributed by atoms with van der Waals surface area (Å²) in [5.74, 6) is 0.183. The van der Waals surface area contributed by atoms with Gasteiger partial charge in [0.05, 0.1) is 4.92 Å². The Labute approximate surface area is 142 Å². The van der Waals surface area contributed by atoms with E-state index in [0.717, 1.165) is 32.1 Å². The van der Waals surface area contributed by atoms with Crippen molar-refractivity contribution in [3.63, 3.8) is 0 Å². The molecule has 0 heterocycles. The molecule has 0 aliphatic heterocycles. The molecule has 1 aromatic rings. The molecule has 1 aliphatic rings. The number of sulfonamides is 1. The summed E-state index contributed by atoms with van der Waals surface area (Å²) in [7, 11) is -4.02. The highest BCUT2D eigenvalue weighted by Crippen LogP contribution is 2.32. The van der Waals surface area contributed by atoms with Crippen molar-refractivity contribution in [1.82, 2.24) is 4.72 Å². The minimum absolute atomic E-state index is 0.183. The standard InChI is InChI=1S/C16H25N3O4S/c1-11-8-9-12(2)16(15(11)19(20)21)24(22,23)18-14(10-17)13-6-4-3-5-7-13/h8-9,13-14,18H,3-7,10,17H2,1-2H3. The van der Waals surface area contributed by atoms with Gasteiger partial charge in [0, 0.05) is 18.2 Å². The summed E-state index contributed by atoms with van der Waals surface area (Å²) < 4.78 is 28.4. The van der Waals surface area contributed by atoms with Gasteiger partial charge in [-0.2, -0.15) is 0 Å². The molecule has 0 bridgehead atoms. The van der Waals surface area contributed by atoms with E-state index in [4.69, 9.17) is 5.73 Å². The zero-order chi connectivity index (χ0) is 17.9. The summed E-state index contributed by atoms with van der Waals surface area (Å²) in [6, 6.07) is 2.76. The quantitative estimate of drug-likeness (QED) is 0.600. The van der Waals surface area contributed by atoms with Crippen LogP contribution in [0.3, 0.4) is 0 Å². The molecule has 7 nitrogen and oxygen atoms in total. The topological polar surface area (TPSA) is 115 Å². The third-order valence-electron chi connectivity index (χ3n) is 4.76. The van der Waals surface area contributed by atoms with E-state index in [9.17, 15) is 18.5 Å². The van der Waals surface area contributed by atoms with Crippen molar-refractivity contribution < 1.29 is 13.3 Å². The third kappa shape index (κ3) is 3.93. The lowest BCUT2D eigenvalue weighted by Crippen LogP contribution is -2.46. The molecule has 134 valence electrons. The van der Waals surface area contributed by atoms with Crippen LogP contribution in [0, 0.1) is 29.9 Å². The lowest BCUT2D eigenvalue weighted by Gasteiger charge is -2.30. The van der Waals surface area contributed by atoms with Gasteiger partial charge in [0.2, 0.25) is 10.0 Å². The number of nitro benzene ring substituents is 1. The zero-order valence-corrected chi connectivity index (χ0v) is 14.9. The van der Waals surface area contributed by atoms with Crippen LogP contribution in [0.4, 0.5) is 5.69 Å². The molecular formula is C16H25N3O4S. The second kappa shape index (κ2) is 7.58. The number of rotatable bonds is 6. The first-order chi connectivity index (χ1) is 11.3. The first-order valence-electron chi connectivity index (χ1n) is 8.25. The molecule has 8 heteroatoms. The van der Waals surface area contributed by atoms with E-state index in [-0.39, 0.29) is 23.0 Å². The molecule has 24 heavy (non-hydrogen) atoms. The molecule has 1 atom stereocenters. The van der Waals surface area contributed by atoms with Gasteiger partial charge < -0.3 is 5.73 Å². The van der Waals surface area contributed by atoms with Crippen molar-refractivity contribution in [2.24, 2.45) is 11.7 Å². The summed E-state index contributed by atoms with van der Waals surface area (Å²) in [5.41, 5.74) is 6.12. The molecule has 0 amide bonds. The van der Waals surface area contributed by atoms with Gasteiger partial charge in [-0.25, -0.2) is 13.1 Å². The van der Waals surface area contributed by atoms with Crippen LogP contribution in [-0.2, 0) is 10.0 Å². The predicted molar refractivity (Wildman–Crippen MR) is 92.3 cm³/mol. The van der Waals surface area contributed by atoms with Crippen molar-refractivity contribution >= 4 is 15.7 Å². The smallest absolute Gasteiger partial charge is 0.292 e. The Morgan fingerprint density at radius 1 is 1.25 bits per heavy atom. The summed E-state index contributed by atoms with van der Waals surface area (Å²) in [6.45, 7) is 3.29. The largest absolute Gasteiger partial charge is 0.329 e. The number of nitrogens with zero attached hydrogens (tertiary/aromatic N) is 1. The number of hydrogen-bond donors (Lipinski definition) is 2. The maximum Gasteiger partial charge on any atom is 0.292 e. The van der Waals surface area contributed by atoms with Crippen LogP contribution < -0.4 is 10.5 Å². The minimum atomic E-state index is -4.02. The van der Waals surface area contributed by atoms with Gasteiger partial charge in [-0.05, 0) is 38.2 Å². The Balaban J connectivity index is 2.39. The zero-order valence-electron chi connectivity index (χ0n) is 14.1. The molecule has 3 N–H and O–H groups in total. The Morgan fingerprint density at radius 2 is 1.83 bits per heavy atom. The number of nitro groups is 1. The summed E-state index contributed by atoms with van der Waals surface area (Å²) in [4.78, 5) is 10.5. The normalized spacial score (nSPS) is 17.6. The van der Waals surface area contributed by atoms with Crippen LogP contribution in [0.5, 0.6) is 0 Å². The maximum atomic E-state index is 12.9. The predicted octanol–water partition coefficient (Wildman–Crippen LogP) is 2.40. The molecule has 1 unspecified atom stereocenters. The SMILES string of the molecule is Cc1ccc(C)c(S(=O)(=O)NC(CN)C2CCCCC2)c1[N+](=O)[O-]. The molecule has 1 aliphatic carbocycles. The summed E-state index contributed by atoms with van der Waals surface area (Å²) in [6.07, 6.45) is 5.14. The maximum absolute atomic E-state index is 12.9. The summed E-state index contributed by atoms with van der Waals surface area (Å²) >= 11 is 0. The lowest BCUT2D eigenvalue weighted by atomic mass is 9.84. The molecular weight excluding hydrogens is 330 g/mol. The second-order valence-electron chi connectivity index (χ2n) is 6.50. The number of benzene rings is 1. The van der Waals surface area contributed by atoms with Gasteiger partial charge in [-0.1, -0.05) is 31.4 Å². The number of nitrogens with one attached hydrogen (secondary N) is 1. The molecule has 1 aromatic carbocycles. The van der Waals surface area contributed by atoms with Gasteiger partial charge in [0.1, 0.15) is 0 Å². The number of hydrogen-bond acceptors (Lipinski definition) is 5. The molecule has 0 spiro atoms. The van der Waals surface area contributed by atoms with Crippen LogP contribution in [0.25, 0.3) is 0 Å². The van der Waals surface area contributed by atoms with Crippen molar-refractivity contribution in [2.75, 3.05) is 6.54 Å². The van der Waals surface area contributed by atoms with E-state index < -0.39 is 21.0 Å². The number of aryl methyl sites for hydroxylation is 2. The fourth-order valence-electron chi connectivity index (χ4n) is 3.47. The number of nitrogens with two attached hydrogens (primary N) is 1. The van der Waals surface area contributed by atoms with Crippen LogP contribution in [-0.4, -0.2) is 25.9 Å². The van der Waals surface area contributed by atoms with Gasteiger partial charge in [-0.15, -0.1) is 0 Å². The van der Waals surface area contributed by atoms with Gasteiger partial charge in [0.25, 0.3) is 5.69 Å². The van der Waals surface area contributed by atoms with E-state index in [1.54, 1.807) is 19.1 Å². The molecule has 0 saturated heterocycles. The Morgan fingerprint density at radius 3 is 2.38 bits per heavy atom. The molecule has 1 fully saturated rings. The van der Waals surface area contributed by atoms with Crippen molar-refractivity contribution in [3.8, 4) is 0 Å². The first kappa shape index (κ1) is 18.8. The average Bonchev–Trinajstić information content (AvgIpc) is 2.54. The molecule has 0 radical (unpaired) electrons. The van der Waals surface area contributed by atoms with Crippen LogP contribution >= 0.6 is 0 Å². The van der Waals surface area contributed by atoms with E-state index in [1.807, 2.05) is 0 Å². The molecule has 2 rings (SSSR count). The fraction of sp³-hybridized carbons (Fsp3) is 0.625. The summed E-state index contributed by atoms with van der Waals surface area (Å²) in [5, 5.41) is 11.4. The molecule has 1 saturated carbocycles. The molecule has 0 aromatic heterocycles. The minimum Gasteiger partial charge on any atom is -0.329 e. The van der Waals surface area contributed by atoms with E-state index in [0.29, 0.717) is 11.1 Å². The van der Waals surface area contributed by atoms with E-state index >= 15 is 0 Å². The third-order valence-corrected chi connectivity index (χ3v) is 6.43. The highest BCUT2D eigenvalue weighted by molar-refractivity contribution is 7.89.